The summed E-state index contributed by atoms with van der Waals surface area (Å²) in [6.45, 7) is 5.02. The maximum absolute atomic E-state index is 6.20. The van der Waals surface area contributed by atoms with Crippen molar-refractivity contribution in [2.45, 2.75) is 20.3 Å². The fourth-order valence-corrected chi connectivity index (χ4v) is 1.99. The van der Waals surface area contributed by atoms with E-state index in [1.807, 2.05) is 14.0 Å². The molecule has 2 nitrogen and oxygen atoms in total. The minimum Gasteiger partial charge on any atom is -0.495 e. The second-order valence-electron chi connectivity index (χ2n) is 3.69. The number of nitrogens with one attached hydrogen (secondary N) is 1. The number of methoxy groups -OCH3 is 1. The third-order valence-corrected chi connectivity index (χ3v) is 3.03. The number of hydrogen-bond acceptors (Lipinski definition) is 2. The van der Waals surface area contributed by atoms with Gasteiger partial charge in [0.05, 0.1) is 12.1 Å². The van der Waals surface area contributed by atoms with Gasteiger partial charge in [0.2, 0.25) is 0 Å². The highest BCUT2D eigenvalue weighted by molar-refractivity contribution is 6.33. The number of benzene rings is 1. The summed E-state index contributed by atoms with van der Waals surface area (Å²) < 4.78 is 5.38. The van der Waals surface area contributed by atoms with Crippen LogP contribution in [0.1, 0.15) is 16.7 Å². The zero-order valence-electron chi connectivity index (χ0n) is 9.78. The van der Waals surface area contributed by atoms with E-state index in [-0.39, 0.29) is 0 Å². The molecule has 1 N–H and O–H groups in total. The van der Waals surface area contributed by atoms with Crippen LogP contribution in [0.2, 0.25) is 5.02 Å². The first kappa shape index (κ1) is 12.3. The molecule has 0 radical (unpaired) electrons. The first-order valence-corrected chi connectivity index (χ1v) is 5.46. The van der Waals surface area contributed by atoms with Gasteiger partial charge in [-0.05, 0) is 50.6 Å². The lowest BCUT2D eigenvalue weighted by molar-refractivity contribution is 0.409. The Morgan fingerprint density at radius 1 is 1.33 bits per heavy atom. The van der Waals surface area contributed by atoms with Crippen LogP contribution in [0, 0.1) is 13.8 Å². The number of halogens is 1. The van der Waals surface area contributed by atoms with Crippen LogP contribution in [-0.4, -0.2) is 20.7 Å². The number of hydrogen-bond donors (Lipinski definition) is 1. The normalized spacial score (nSPS) is 10.5. The van der Waals surface area contributed by atoms with Gasteiger partial charge in [-0.25, -0.2) is 0 Å². The van der Waals surface area contributed by atoms with Crippen LogP contribution in [0.15, 0.2) is 6.07 Å². The van der Waals surface area contributed by atoms with Crippen molar-refractivity contribution in [1.82, 2.24) is 5.32 Å². The standard InChI is InChI=1S/C12H18ClNO/c1-8-7-9(2)11(13)12(15-4)10(8)5-6-14-3/h7,14H,5-6H2,1-4H3. The molecule has 0 heterocycles. The fraction of sp³-hybridized carbons (Fsp3) is 0.500. The SMILES string of the molecule is CNCCc1c(C)cc(C)c(Cl)c1OC. The molecule has 0 fully saturated rings. The lowest BCUT2D eigenvalue weighted by atomic mass is 10.0. The largest absolute Gasteiger partial charge is 0.495 e. The van der Waals surface area contributed by atoms with Gasteiger partial charge >= 0.3 is 0 Å². The summed E-state index contributed by atoms with van der Waals surface area (Å²) in [6.07, 6.45) is 0.936. The molecule has 0 amide bonds. The van der Waals surface area contributed by atoms with E-state index in [0.29, 0.717) is 0 Å². The molecule has 84 valence electrons. The molecule has 0 aliphatic carbocycles. The molecule has 0 saturated heterocycles. The van der Waals surface area contributed by atoms with Gasteiger partial charge < -0.3 is 10.1 Å². The molecule has 0 aliphatic heterocycles. The summed E-state index contributed by atoms with van der Waals surface area (Å²) in [5, 5.41) is 3.86. The highest BCUT2D eigenvalue weighted by atomic mass is 35.5. The van der Waals surface area contributed by atoms with Crippen LogP contribution < -0.4 is 10.1 Å². The molecule has 0 atom stereocenters. The van der Waals surface area contributed by atoms with E-state index in [2.05, 4.69) is 18.3 Å². The summed E-state index contributed by atoms with van der Waals surface area (Å²) in [4.78, 5) is 0. The molecule has 0 unspecified atom stereocenters. The van der Waals surface area contributed by atoms with Gasteiger partial charge in [-0.2, -0.15) is 0 Å². The zero-order valence-corrected chi connectivity index (χ0v) is 10.5. The number of likely N-dealkylation sites (N-methyl/N-ethyl adjacent to an activating group) is 1. The van der Waals surface area contributed by atoms with Gasteiger partial charge in [0.25, 0.3) is 0 Å². The van der Waals surface area contributed by atoms with Crippen molar-refractivity contribution in [3.8, 4) is 5.75 Å². The first-order valence-electron chi connectivity index (χ1n) is 5.09. The van der Waals surface area contributed by atoms with E-state index < -0.39 is 0 Å². The van der Waals surface area contributed by atoms with Crippen molar-refractivity contribution in [1.29, 1.82) is 0 Å². The van der Waals surface area contributed by atoms with Crippen molar-refractivity contribution in [3.63, 3.8) is 0 Å². The fourth-order valence-electron chi connectivity index (χ4n) is 1.74. The van der Waals surface area contributed by atoms with Crippen LogP contribution in [0.25, 0.3) is 0 Å². The summed E-state index contributed by atoms with van der Waals surface area (Å²) in [5.41, 5.74) is 3.51. The summed E-state index contributed by atoms with van der Waals surface area (Å²) >= 11 is 6.20. The second-order valence-corrected chi connectivity index (χ2v) is 4.07. The van der Waals surface area contributed by atoms with E-state index in [9.17, 15) is 0 Å². The molecule has 0 aromatic heterocycles. The Kier molecular flexibility index (Phi) is 4.43. The number of ether oxygens (including phenoxy) is 1. The molecule has 1 aromatic rings. The Labute approximate surface area is 96.6 Å². The van der Waals surface area contributed by atoms with E-state index in [1.165, 1.54) is 11.1 Å². The summed E-state index contributed by atoms with van der Waals surface area (Å²) in [7, 11) is 3.61. The third-order valence-electron chi connectivity index (χ3n) is 2.56. The topological polar surface area (TPSA) is 21.3 Å². The van der Waals surface area contributed by atoms with Crippen LogP contribution in [-0.2, 0) is 6.42 Å². The Morgan fingerprint density at radius 2 is 2.00 bits per heavy atom. The second kappa shape index (κ2) is 5.38. The molecule has 1 aromatic carbocycles. The molecule has 1 rings (SSSR count). The average molecular weight is 228 g/mol. The van der Waals surface area contributed by atoms with E-state index >= 15 is 0 Å². The lowest BCUT2D eigenvalue weighted by Crippen LogP contribution is -2.12. The van der Waals surface area contributed by atoms with Crippen molar-refractivity contribution in [2.75, 3.05) is 20.7 Å². The van der Waals surface area contributed by atoms with Crippen molar-refractivity contribution in [2.24, 2.45) is 0 Å². The Hall–Kier alpha value is -0.730. The Bertz CT molecular complexity index is 350. The summed E-state index contributed by atoms with van der Waals surface area (Å²) in [6, 6.07) is 2.11. The molecule has 0 aliphatic rings. The predicted molar refractivity (Wildman–Crippen MR) is 65.1 cm³/mol. The van der Waals surface area contributed by atoms with Crippen molar-refractivity contribution in [3.05, 3.63) is 27.8 Å². The van der Waals surface area contributed by atoms with Gasteiger partial charge in [0.1, 0.15) is 5.75 Å². The molecule has 15 heavy (non-hydrogen) atoms. The smallest absolute Gasteiger partial charge is 0.141 e. The Balaban J connectivity index is 3.16. The van der Waals surface area contributed by atoms with Gasteiger partial charge in [0, 0.05) is 0 Å². The molecule has 0 saturated carbocycles. The number of aryl methyl sites for hydroxylation is 2. The number of rotatable bonds is 4. The first-order chi connectivity index (χ1) is 7.11. The molecule has 0 spiro atoms. The molecular weight excluding hydrogens is 210 g/mol. The maximum atomic E-state index is 6.20. The van der Waals surface area contributed by atoms with Crippen LogP contribution in [0.4, 0.5) is 0 Å². The molecular formula is C12H18ClNO. The zero-order chi connectivity index (χ0) is 11.4. The van der Waals surface area contributed by atoms with Gasteiger partial charge in [-0.3, -0.25) is 0 Å². The van der Waals surface area contributed by atoms with Crippen molar-refractivity contribution < 1.29 is 4.74 Å². The van der Waals surface area contributed by atoms with Crippen molar-refractivity contribution >= 4 is 11.6 Å². The average Bonchev–Trinajstić information content (AvgIpc) is 2.21. The molecule has 0 bridgehead atoms. The van der Waals surface area contributed by atoms with Gasteiger partial charge in [-0.1, -0.05) is 17.7 Å². The van der Waals surface area contributed by atoms with Crippen LogP contribution in [0.5, 0.6) is 5.75 Å². The highest BCUT2D eigenvalue weighted by Crippen LogP contribution is 2.34. The molecule has 3 heteroatoms. The lowest BCUT2D eigenvalue weighted by Gasteiger charge is -2.15. The maximum Gasteiger partial charge on any atom is 0.141 e. The quantitative estimate of drug-likeness (QED) is 0.854. The minimum atomic E-state index is 0.731. The van der Waals surface area contributed by atoms with Gasteiger partial charge in [0.15, 0.2) is 0 Å². The Morgan fingerprint density at radius 3 is 2.53 bits per heavy atom. The van der Waals surface area contributed by atoms with E-state index in [1.54, 1.807) is 7.11 Å². The highest BCUT2D eigenvalue weighted by Gasteiger charge is 2.12. The summed E-state index contributed by atoms with van der Waals surface area (Å²) in [5.74, 6) is 0.824. The van der Waals surface area contributed by atoms with E-state index in [0.717, 1.165) is 29.3 Å². The van der Waals surface area contributed by atoms with Gasteiger partial charge in [-0.15, -0.1) is 0 Å². The monoisotopic (exact) mass is 227 g/mol. The van der Waals surface area contributed by atoms with E-state index in [4.69, 9.17) is 16.3 Å². The van der Waals surface area contributed by atoms with Crippen LogP contribution in [0.3, 0.4) is 0 Å². The third kappa shape index (κ3) is 2.64. The van der Waals surface area contributed by atoms with Crippen LogP contribution >= 0.6 is 11.6 Å². The minimum absolute atomic E-state index is 0.731. The predicted octanol–water partition coefficient (Wildman–Crippen LogP) is 2.73.